The van der Waals surface area contributed by atoms with Gasteiger partial charge in [-0.15, -0.1) is 0 Å². The second kappa shape index (κ2) is 6.62. The third-order valence-corrected chi connectivity index (χ3v) is 5.01. The number of aromatic nitrogens is 1. The van der Waals surface area contributed by atoms with Crippen LogP contribution in [0.5, 0.6) is 0 Å². The average molecular weight is 318 g/mol. The van der Waals surface area contributed by atoms with Gasteiger partial charge in [0.15, 0.2) is 0 Å². The van der Waals surface area contributed by atoms with Gasteiger partial charge in [-0.05, 0) is 35.9 Å². The van der Waals surface area contributed by atoms with Crippen molar-refractivity contribution >= 4 is 10.9 Å². The molecule has 3 nitrogen and oxygen atoms in total. The van der Waals surface area contributed by atoms with Crippen molar-refractivity contribution in [3.63, 3.8) is 0 Å². The molecule has 3 heteroatoms. The second-order valence-corrected chi connectivity index (χ2v) is 6.59. The van der Waals surface area contributed by atoms with E-state index in [2.05, 4.69) is 47.4 Å². The second-order valence-electron chi connectivity index (χ2n) is 6.59. The minimum Gasteiger partial charge on any atom is -0.305 e. The van der Waals surface area contributed by atoms with Crippen molar-refractivity contribution in [2.24, 2.45) is 0 Å². The minimum absolute atomic E-state index is 0.121. The van der Waals surface area contributed by atoms with E-state index >= 15 is 0 Å². The first-order chi connectivity index (χ1) is 11.8. The van der Waals surface area contributed by atoms with Crippen LogP contribution in [0.25, 0.3) is 10.9 Å². The molecule has 0 N–H and O–H groups in total. The Morgan fingerprint density at radius 1 is 0.833 bits per heavy atom. The predicted molar refractivity (Wildman–Crippen MR) is 98.2 cm³/mol. The minimum atomic E-state index is 0.121. The van der Waals surface area contributed by atoms with Crippen LogP contribution in [0.2, 0.25) is 0 Å². The lowest BCUT2D eigenvalue weighted by atomic mass is 10.0. The first-order valence-corrected chi connectivity index (χ1v) is 8.68. The lowest BCUT2D eigenvalue weighted by molar-refractivity contribution is 0.180. The van der Waals surface area contributed by atoms with Gasteiger partial charge in [0, 0.05) is 31.7 Å². The topological polar surface area (TPSA) is 25.2 Å². The van der Waals surface area contributed by atoms with Gasteiger partial charge in [0.2, 0.25) is 0 Å². The summed E-state index contributed by atoms with van der Waals surface area (Å²) >= 11 is 0. The number of piperidine rings is 1. The van der Waals surface area contributed by atoms with Crippen molar-refractivity contribution in [1.29, 1.82) is 0 Å². The largest absolute Gasteiger partial charge is 0.305 e. The van der Waals surface area contributed by atoms with Crippen LogP contribution in [0.4, 0.5) is 0 Å². The maximum Gasteiger partial charge on any atom is 0.251 e. The maximum atomic E-state index is 12.5. The Hall–Kier alpha value is -2.39. The van der Waals surface area contributed by atoms with E-state index in [1.54, 1.807) is 6.07 Å². The number of hydrogen-bond donors (Lipinski definition) is 0. The number of pyridine rings is 1. The smallest absolute Gasteiger partial charge is 0.251 e. The molecule has 0 aliphatic carbocycles. The fourth-order valence-corrected chi connectivity index (χ4v) is 3.76. The summed E-state index contributed by atoms with van der Waals surface area (Å²) < 4.78 is 2.01. The Morgan fingerprint density at radius 2 is 1.54 bits per heavy atom. The third kappa shape index (κ3) is 3.00. The lowest BCUT2D eigenvalue weighted by Crippen LogP contribution is -2.37. The molecule has 4 rings (SSSR count). The standard InChI is InChI=1S/C21H22N2O/c24-21-11-10-18-8-4-5-9-20(18)23(21)19-12-14-22(15-13-19)16-17-6-2-1-3-7-17/h1-11,19H,12-16H2. The van der Waals surface area contributed by atoms with Crippen LogP contribution in [0.15, 0.2) is 71.5 Å². The Labute approximate surface area is 142 Å². The van der Waals surface area contributed by atoms with Gasteiger partial charge < -0.3 is 4.57 Å². The summed E-state index contributed by atoms with van der Waals surface area (Å²) in [7, 11) is 0. The van der Waals surface area contributed by atoms with Gasteiger partial charge in [-0.1, -0.05) is 48.5 Å². The molecule has 2 heterocycles. The molecule has 0 bridgehead atoms. The zero-order valence-corrected chi connectivity index (χ0v) is 13.8. The molecule has 3 aromatic rings. The van der Waals surface area contributed by atoms with Crippen LogP contribution >= 0.6 is 0 Å². The number of nitrogens with zero attached hydrogens (tertiary/aromatic N) is 2. The summed E-state index contributed by atoms with van der Waals surface area (Å²) in [6.45, 7) is 3.07. The molecule has 1 aliphatic heterocycles. The van der Waals surface area contributed by atoms with E-state index in [1.165, 1.54) is 5.56 Å². The molecule has 1 aliphatic rings. The number of benzene rings is 2. The summed E-state index contributed by atoms with van der Waals surface area (Å²) in [5.41, 5.74) is 2.54. The summed E-state index contributed by atoms with van der Waals surface area (Å²) in [5, 5.41) is 1.14. The number of para-hydroxylation sites is 1. The average Bonchev–Trinajstić information content (AvgIpc) is 2.63. The SMILES string of the molecule is O=c1ccc2ccccc2n1C1CCN(Cc2ccccc2)CC1. The molecule has 0 atom stereocenters. The Kier molecular flexibility index (Phi) is 4.18. The van der Waals surface area contributed by atoms with Crippen LogP contribution in [-0.4, -0.2) is 22.6 Å². The number of likely N-dealkylation sites (tertiary alicyclic amines) is 1. The molecular weight excluding hydrogens is 296 g/mol. The lowest BCUT2D eigenvalue weighted by Gasteiger charge is -2.33. The third-order valence-electron chi connectivity index (χ3n) is 5.01. The molecule has 1 fully saturated rings. The summed E-state index contributed by atoms with van der Waals surface area (Å²) in [4.78, 5) is 14.9. The Balaban J connectivity index is 1.52. The summed E-state index contributed by atoms with van der Waals surface area (Å²) in [5.74, 6) is 0. The van der Waals surface area contributed by atoms with Gasteiger partial charge in [0.1, 0.15) is 0 Å². The Morgan fingerprint density at radius 3 is 2.33 bits per heavy atom. The van der Waals surface area contributed by atoms with E-state index in [0.29, 0.717) is 6.04 Å². The highest BCUT2D eigenvalue weighted by Crippen LogP contribution is 2.25. The Bertz CT molecular complexity index is 877. The molecule has 0 unspecified atom stereocenters. The summed E-state index contributed by atoms with van der Waals surface area (Å²) in [6.07, 6.45) is 2.06. The molecule has 0 saturated carbocycles. The maximum absolute atomic E-state index is 12.5. The molecule has 122 valence electrons. The monoisotopic (exact) mass is 318 g/mol. The quantitative estimate of drug-likeness (QED) is 0.733. The van der Waals surface area contributed by atoms with Crippen LogP contribution < -0.4 is 5.56 Å². The highest BCUT2D eigenvalue weighted by Gasteiger charge is 2.22. The first-order valence-electron chi connectivity index (χ1n) is 8.68. The van der Waals surface area contributed by atoms with E-state index in [9.17, 15) is 4.79 Å². The van der Waals surface area contributed by atoms with E-state index in [4.69, 9.17) is 0 Å². The van der Waals surface area contributed by atoms with Crippen molar-refractivity contribution in [1.82, 2.24) is 9.47 Å². The number of hydrogen-bond acceptors (Lipinski definition) is 2. The van der Waals surface area contributed by atoms with Gasteiger partial charge >= 0.3 is 0 Å². The normalized spacial score (nSPS) is 16.5. The van der Waals surface area contributed by atoms with Gasteiger partial charge in [0.25, 0.3) is 5.56 Å². The van der Waals surface area contributed by atoms with E-state index in [1.807, 2.05) is 22.8 Å². The van der Waals surface area contributed by atoms with Gasteiger partial charge in [0.05, 0.1) is 5.52 Å². The van der Waals surface area contributed by atoms with Crippen LogP contribution in [0.3, 0.4) is 0 Å². The molecule has 24 heavy (non-hydrogen) atoms. The highest BCUT2D eigenvalue weighted by atomic mass is 16.1. The number of fused-ring (bicyclic) bond motifs is 1. The van der Waals surface area contributed by atoms with Gasteiger partial charge in [-0.2, -0.15) is 0 Å². The highest BCUT2D eigenvalue weighted by molar-refractivity contribution is 5.78. The predicted octanol–water partition coefficient (Wildman–Crippen LogP) is 3.84. The molecule has 0 spiro atoms. The van der Waals surface area contributed by atoms with E-state index < -0.39 is 0 Å². The molecule has 1 aromatic heterocycles. The zero-order valence-electron chi connectivity index (χ0n) is 13.8. The van der Waals surface area contributed by atoms with Gasteiger partial charge in [-0.3, -0.25) is 9.69 Å². The molecular formula is C21H22N2O. The number of rotatable bonds is 3. The molecule has 0 amide bonds. The van der Waals surface area contributed by atoms with Crippen LogP contribution in [0, 0.1) is 0 Å². The van der Waals surface area contributed by atoms with Crippen LogP contribution in [0.1, 0.15) is 24.4 Å². The van der Waals surface area contributed by atoms with E-state index in [0.717, 1.165) is 43.4 Å². The van der Waals surface area contributed by atoms with Crippen LogP contribution in [-0.2, 0) is 6.54 Å². The fraction of sp³-hybridized carbons (Fsp3) is 0.286. The first kappa shape index (κ1) is 15.2. The van der Waals surface area contributed by atoms with Crippen molar-refractivity contribution in [3.05, 3.63) is 82.6 Å². The van der Waals surface area contributed by atoms with Crippen molar-refractivity contribution in [3.8, 4) is 0 Å². The van der Waals surface area contributed by atoms with Crippen molar-refractivity contribution < 1.29 is 0 Å². The van der Waals surface area contributed by atoms with Crippen molar-refractivity contribution in [2.45, 2.75) is 25.4 Å². The summed E-state index contributed by atoms with van der Waals surface area (Å²) in [6, 6.07) is 22.7. The molecule has 0 radical (unpaired) electrons. The van der Waals surface area contributed by atoms with Gasteiger partial charge in [-0.25, -0.2) is 0 Å². The molecule has 2 aromatic carbocycles. The fourth-order valence-electron chi connectivity index (χ4n) is 3.76. The zero-order chi connectivity index (χ0) is 16.4. The molecule has 1 saturated heterocycles. The van der Waals surface area contributed by atoms with E-state index in [-0.39, 0.29) is 5.56 Å². The van der Waals surface area contributed by atoms with Crippen molar-refractivity contribution in [2.75, 3.05) is 13.1 Å².